The van der Waals surface area contributed by atoms with Crippen molar-refractivity contribution in [2.75, 3.05) is 12.3 Å². The van der Waals surface area contributed by atoms with E-state index in [1.165, 1.54) is 6.33 Å². The van der Waals surface area contributed by atoms with Crippen LogP contribution < -0.4 is 11.5 Å². The second kappa shape index (κ2) is 8.91. The Balaban J connectivity index is 0.000000425. The molecule has 0 saturated carbocycles. The van der Waals surface area contributed by atoms with Gasteiger partial charge in [0, 0.05) is 0 Å². The number of hydrogen-bond acceptors (Lipinski definition) is 9. The number of aliphatic hydroxyl groups excluding tert-OH is 5. The van der Waals surface area contributed by atoms with Crippen LogP contribution >= 0.6 is 0 Å². The first-order chi connectivity index (χ1) is 10.1. The minimum absolute atomic E-state index is 0.141. The van der Waals surface area contributed by atoms with Crippen molar-refractivity contribution in [3.05, 3.63) is 12.0 Å². The largest absolute Gasteiger partial charge is 0.479 e. The summed E-state index contributed by atoms with van der Waals surface area (Å²) in [5.41, 5.74) is 10.2. The number of hydrogen-bond donors (Lipinski definition) is 9. The van der Waals surface area contributed by atoms with Gasteiger partial charge in [0.2, 0.25) is 0 Å². The average Bonchev–Trinajstić information content (AvgIpc) is 2.90. The zero-order valence-corrected chi connectivity index (χ0v) is 11.2. The smallest absolute Gasteiger partial charge is 0.335 e. The molecule has 12 heteroatoms. The van der Waals surface area contributed by atoms with Crippen LogP contribution in [0.25, 0.3) is 0 Å². The molecule has 1 aromatic heterocycles. The molecule has 1 heterocycles. The molecule has 126 valence electrons. The Bertz CT molecular complexity index is 493. The highest BCUT2D eigenvalue weighted by molar-refractivity contribution is 5.94. The molecule has 1 amide bonds. The first-order valence-corrected chi connectivity index (χ1v) is 5.78. The van der Waals surface area contributed by atoms with Crippen LogP contribution in [0.15, 0.2) is 6.33 Å². The van der Waals surface area contributed by atoms with Gasteiger partial charge in [-0.2, -0.15) is 0 Å². The summed E-state index contributed by atoms with van der Waals surface area (Å²) in [4.78, 5) is 26.5. The number of carboxylic acid groups (broad SMARTS) is 1. The number of carbonyl (C=O) groups is 2. The molecule has 0 saturated heterocycles. The number of nitrogens with two attached hydrogens (primary N) is 2. The van der Waals surface area contributed by atoms with Crippen LogP contribution in [-0.2, 0) is 4.79 Å². The number of carboxylic acids is 1. The molecule has 12 nitrogen and oxygen atoms in total. The lowest BCUT2D eigenvalue weighted by Crippen LogP contribution is -2.48. The summed E-state index contributed by atoms with van der Waals surface area (Å²) < 4.78 is 0. The maximum atomic E-state index is 10.4. The molecule has 0 aromatic carbocycles. The molecule has 4 atom stereocenters. The summed E-state index contributed by atoms with van der Waals surface area (Å²) in [6, 6.07) is 0. The van der Waals surface area contributed by atoms with E-state index < -0.39 is 42.9 Å². The molecule has 11 N–H and O–H groups in total. The number of aromatic amines is 1. The topological polar surface area (TPSA) is 236 Å². The molecule has 0 fully saturated rings. The van der Waals surface area contributed by atoms with Crippen LogP contribution in [-0.4, -0.2) is 83.5 Å². The molecule has 0 spiro atoms. The Kier molecular flexibility index (Phi) is 8.00. The lowest BCUT2D eigenvalue weighted by molar-refractivity contribution is -0.164. The Hall–Kier alpha value is -2.25. The minimum Gasteiger partial charge on any atom is -0.479 e. The van der Waals surface area contributed by atoms with E-state index in [1.807, 2.05) is 0 Å². The fourth-order valence-corrected chi connectivity index (χ4v) is 1.17. The first-order valence-electron chi connectivity index (χ1n) is 5.78. The number of aliphatic carboxylic acids is 1. The molecule has 1 aromatic rings. The van der Waals surface area contributed by atoms with E-state index in [-0.39, 0.29) is 11.5 Å². The summed E-state index contributed by atoms with van der Waals surface area (Å²) in [7, 11) is 0. The zero-order valence-electron chi connectivity index (χ0n) is 11.2. The molecular formula is C10H18N4O8. The second-order valence-corrected chi connectivity index (χ2v) is 4.04. The lowest BCUT2D eigenvalue weighted by atomic mass is 10.0. The Morgan fingerprint density at radius 1 is 1.23 bits per heavy atom. The van der Waals surface area contributed by atoms with E-state index in [9.17, 15) is 9.59 Å². The van der Waals surface area contributed by atoms with Crippen molar-refractivity contribution in [1.29, 1.82) is 0 Å². The van der Waals surface area contributed by atoms with Crippen molar-refractivity contribution in [3.63, 3.8) is 0 Å². The van der Waals surface area contributed by atoms with Gasteiger partial charge in [0.25, 0.3) is 5.91 Å². The van der Waals surface area contributed by atoms with Crippen LogP contribution in [0.1, 0.15) is 10.5 Å². The predicted octanol–water partition coefficient (Wildman–Crippen LogP) is -4.40. The third-order valence-corrected chi connectivity index (χ3v) is 2.42. The summed E-state index contributed by atoms with van der Waals surface area (Å²) >= 11 is 0. The number of aromatic nitrogens is 2. The number of H-pyrrole nitrogens is 1. The summed E-state index contributed by atoms with van der Waals surface area (Å²) in [6.45, 7) is -0.843. The Morgan fingerprint density at radius 2 is 1.77 bits per heavy atom. The zero-order chi connectivity index (χ0) is 17.4. The highest BCUT2D eigenvalue weighted by Gasteiger charge is 2.33. The second-order valence-electron chi connectivity index (χ2n) is 4.04. The third-order valence-electron chi connectivity index (χ3n) is 2.42. The van der Waals surface area contributed by atoms with Crippen LogP contribution in [0.5, 0.6) is 0 Å². The fraction of sp³-hybridized carbons (Fsp3) is 0.500. The number of nitrogens with one attached hydrogen (secondary N) is 1. The van der Waals surface area contributed by atoms with Gasteiger partial charge < -0.3 is 47.1 Å². The van der Waals surface area contributed by atoms with Crippen LogP contribution in [0.3, 0.4) is 0 Å². The van der Waals surface area contributed by atoms with Crippen molar-refractivity contribution in [2.45, 2.75) is 24.4 Å². The number of amides is 1. The fourth-order valence-electron chi connectivity index (χ4n) is 1.17. The number of rotatable bonds is 6. The number of carbonyl (C=O) groups excluding carboxylic acids is 1. The van der Waals surface area contributed by atoms with Gasteiger partial charge in [0.1, 0.15) is 24.0 Å². The number of aliphatic hydroxyl groups is 5. The van der Waals surface area contributed by atoms with E-state index >= 15 is 0 Å². The standard InChI is InChI=1S/C6H12O7.C4H6N4O/c7-1-2(8)3(9)4(10)5(11)6(12)13;5-3-2(4(6)9)7-1-8-3/h2-5,7-11H,1H2,(H,12,13);1H,5H2,(H2,6,9)(H,7,8)/t2-,3+,4+,5-;/m1./s1. The van der Waals surface area contributed by atoms with Crippen LogP contribution in [0.4, 0.5) is 5.82 Å². The number of anilines is 1. The summed E-state index contributed by atoms with van der Waals surface area (Å²) in [5.74, 6) is -2.18. The predicted molar refractivity (Wildman–Crippen MR) is 70.3 cm³/mol. The SMILES string of the molecule is NC(=O)c1[nH]cnc1N.O=C(O)[C@H](O)[C@@H](O)[C@@H](O)[C@H](O)CO. The van der Waals surface area contributed by atoms with E-state index in [0.29, 0.717) is 0 Å². The molecular weight excluding hydrogens is 304 g/mol. The van der Waals surface area contributed by atoms with Crippen LogP contribution in [0, 0.1) is 0 Å². The monoisotopic (exact) mass is 322 g/mol. The lowest BCUT2D eigenvalue weighted by Gasteiger charge is -2.23. The first kappa shape index (κ1) is 19.8. The summed E-state index contributed by atoms with van der Waals surface area (Å²) in [5, 5.41) is 51.8. The molecule has 0 bridgehead atoms. The van der Waals surface area contributed by atoms with Gasteiger partial charge in [0.15, 0.2) is 11.9 Å². The van der Waals surface area contributed by atoms with Crippen molar-refractivity contribution < 1.29 is 40.2 Å². The van der Waals surface area contributed by atoms with Gasteiger partial charge in [-0.15, -0.1) is 0 Å². The van der Waals surface area contributed by atoms with Gasteiger partial charge >= 0.3 is 5.97 Å². The van der Waals surface area contributed by atoms with Gasteiger partial charge in [0.05, 0.1) is 12.9 Å². The molecule has 0 unspecified atom stereocenters. The molecule has 0 aliphatic rings. The molecule has 0 aliphatic carbocycles. The average molecular weight is 322 g/mol. The molecule has 0 radical (unpaired) electrons. The van der Waals surface area contributed by atoms with Crippen molar-refractivity contribution in [1.82, 2.24) is 9.97 Å². The van der Waals surface area contributed by atoms with E-state index in [4.69, 9.17) is 42.1 Å². The van der Waals surface area contributed by atoms with E-state index in [1.54, 1.807) is 0 Å². The quantitative estimate of drug-likeness (QED) is 0.243. The summed E-state index contributed by atoms with van der Waals surface area (Å²) in [6.07, 6.45) is -6.52. The minimum atomic E-state index is -2.20. The highest BCUT2D eigenvalue weighted by atomic mass is 16.4. The molecule has 0 aliphatic heterocycles. The normalized spacial score (nSPS) is 15.9. The number of imidazole rings is 1. The van der Waals surface area contributed by atoms with Gasteiger partial charge in [-0.05, 0) is 0 Å². The number of primary amides is 1. The maximum absolute atomic E-state index is 10.4. The number of nitrogen functional groups attached to an aromatic ring is 1. The maximum Gasteiger partial charge on any atom is 0.335 e. The van der Waals surface area contributed by atoms with Crippen molar-refractivity contribution in [3.8, 4) is 0 Å². The Labute approximate surface area is 123 Å². The van der Waals surface area contributed by atoms with Gasteiger partial charge in [-0.25, -0.2) is 9.78 Å². The van der Waals surface area contributed by atoms with E-state index in [2.05, 4.69) is 9.97 Å². The van der Waals surface area contributed by atoms with Gasteiger partial charge in [-0.1, -0.05) is 0 Å². The Morgan fingerprint density at radius 3 is 2.05 bits per heavy atom. The van der Waals surface area contributed by atoms with E-state index in [0.717, 1.165) is 0 Å². The molecule has 22 heavy (non-hydrogen) atoms. The third kappa shape index (κ3) is 5.63. The van der Waals surface area contributed by atoms with Crippen molar-refractivity contribution in [2.24, 2.45) is 5.73 Å². The van der Waals surface area contributed by atoms with Crippen LogP contribution in [0.2, 0.25) is 0 Å². The van der Waals surface area contributed by atoms with Gasteiger partial charge in [-0.3, -0.25) is 4.79 Å². The van der Waals surface area contributed by atoms with Crippen molar-refractivity contribution >= 4 is 17.7 Å². The number of nitrogens with zero attached hydrogens (tertiary/aromatic N) is 1. The molecule has 1 rings (SSSR count). The highest BCUT2D eigenvalue weighted by Crippen LogP contribution is 2.04.